The minimum Gasteiger partial charge on any atom is -0.508 e. The summed E-state index contributed by atoms with van der Waals surface area (Å²) in [5.74, 6) is 1.00. The third-order valence-corrected chi connectivity index (χ3v) is 1.79. The molecule has 0 unspecified atom stereocenters. The van der Waals surface area contributed by atoms with Crippen LogP contribution in [0.25, 0.3) is 5.57 Å². The average Bonchev–Trinajstić information content (AvgIpc) is 2.07. The lowest BCUT2D eigenvalue weighted by atomic mass is 10.1. The highest BCUT2D eigenvalue weighted by molar-refractivity contribution is 5.68. The van der Waals surface area contributed by atoms with E-state index in [1.165, 1.54) is 0 Å². The minimum atomic E-state index is 0.123. The minimum absolute atomic E-state index is 0.123. The maximum Gasteiger partial charge on any atom is 0.127 e. The maximum atomic E-state index is 9.32. The van der Waals surface area contributed by atoms with Crippen LogP contribution in [0, 0.1) is 0 Å². The third-order valence-electron chi connectivity index (χ3n) is 1.79. The zero-order valence-electron chi connectivity index (χ0n) is 8.87. The second-order valence-electron chi connectivity index (χ2n) is 3.63. The molecule has 0 fully saturated rings. The van der Waals surface area contributed by atoms with E-state index in [9.17, 15) is 5.11 Å². The molecule has 0 aliphatic rings. The Balaban J connectivity index is 3.08. The number of hydrogen-bond donors (Lipinski definition) is 1. The van der Waals surface area contributed by atoms with Gasteiger partial charge in [0.1, 0.15) is 11.5 Å². The van der Waals surface area contributed by atoms with Crippen LogP contribution in [-0.4, -0.2) is 11.2 Å². The molecule has 0 saturated heterocycles. The summed E-state index contributed by atoms with van der Waals surface area (Å²) >= 11 is 0. The fourth-order valence-corrected chi connectivity index (χ4v) is 1.21. The Kier molecular flexibility index (Phi) is 3.18. The van der Waals surface area contributed by atoms with Gasteiger partial charge in [-0.1, -0.05) is 6.58 Å². The van der Waals surface area contributed by atoms with Crippen molar-refractivity contribution in [2.75, 3.05) is 0 Å². The second-order valence-corrected chi connectivity index (χ2v) is 3.63. The van der Waals surface area contributed by atoms with Gasteiger partial charge < -0.3 is 9.84 Å². The fraction of sp³-hybridized carbons (Fsp3) is 0.333. The van der Waals surface area contributed by atoms with Gasteiger partial charge in [-0.2, -0.15) is 0 Å². The maximum absolute atomic E-state index is 9.32. The van der Waals surface area contributed by atoms with Crippen molar-refractivity contribution in [2.45, 2.75) is 26.9 Å². The Morgan fingerprint density at radius 1 is 1.43 bits per heavy atom. The van der Waals surface area contributed by atoms with Gasteiger partial charge in [-0.25, -0.2) is 0 Å². The van der Waals surface area contributed by atoms with Crippen LogP contribution in [0.4, 0.5) is 0 Å². The summed E-state index contributed by atoms with van der Waals surface area (Å²) in [6.45, 7) is 9.67. The van der Waals surface area contributed by atoms with Crippen molar-refractivity contribution in [1.82, 2.24) is 0 Å². The van der Waals surface area contributed by atoms with Gasteiger partial charge in [0.25, 0.3) is 0 Å². The van der Waals surface area contributed by atoms with E-state index in [0.29, 0.717) is 0 Å². The quantitative estimate of drug-likeness (QED) is 0.796. The van der Waals surface area contributed by atoms with Crippen LogP contribution in [0.15, 0.2) is 24.8 Å². The van der Waals surface area contributed by atoms with Crippen molar-refractivity contribution in [1.29, 1.82) is 0 Å². The number of phenolic OH excluding ortho intramolecular Hbond substituents is 1. The number of rotatable bonds is 3. The van der Waals surface area contributed by atoms with E-state index in [4.69, 9.17) is 4.74 Å². The van der Waals surface area contributed by atoms with Crippen molar-refractivity contribution < 1.29 is 9.84 Å². The first-order valence-electron chi connectivity index (χ1n) is 4.66. The molecule has 0 bridgehead atoms. The van der Waals surface area contributed by atoms with Gasteiger partial charge >= 0.3 is 0 Å². The lowest BCUT2D eigenvalue weighted by Crippen LogP contribution is -2.06. The van der Waals surface area contributed by atoms with Crippen LogP contribution in [0.1, 0.15) is 26.3 Å². The molecule has 1 rings (SSSR count). The van der Waals surface area contributed by atoms with Crippen LogP contribution < -0.4 is 4.74 Å². The van der Waals surface area contributed by atoms with Crippen molar-refractivity contribution in [3.05, 3.63) is 30.3 Å². The first-order chi connectivity index (χ1) is 6.50. The molecule has 0 aliphatic carbocycles. The summed E-state index contributed by atoms with van der Waals surface area (Å²) in [6.07, 6.45) is 0.123. The van der Waals surface area contributed by atoms with Gasteiger partial charge in [0.2, 0.25) is 0 Å². The molecule has 76 valence electrons. The number of phenols is 1. The largest absolute Gasteiger partial charge is 0.508 e. The number of hydrogen-bond acceptors (Lipinski definition) is 2. The van der Waals surface area contributed by atoms with Crippen LogP contribution in [-0.2, 0) is 0 Å². The SMILES string of the molecule is C=C(C)c1cc(O)ccc1OC(C)C. The molecule has 0 aliphatic heterocycles. The van der Waals surface area contributed by atoms with E-state index in [2.05, 4.69) is 6.58 Å². The molecule has 0 aromatic heterocycles. The Morgan fingerprint density at radius 3 is 2.57 bits per heavy atom. The normalized spacial score (nSPS) is 10.3. The molecule has 2 nitrogen and oxygen atoms in total. The average molecular weight is 192 g/mol. The van der Waals surface area contributed by atoms with Crippen LogP contribution >= 0.6 is 0 Å². The lowest BCUT2D eigenvalue weighted by molar-refractivity contribution is 0.241. The zero-order chi connectivity index (χ0) is 10.7. The molecule has 0 saturated carbocycles. The van der Waals surface area contributed by atoms with Crippen molar-refractivity contribution in [3.63, 3.8) is 0 Å². The number of allylic oxidation sites excluding steroid dienone is 1. The predicted octanol–water partition coefficient (Wildman–Crippen LogP) is 3.21. The van der Waals surface area contributed by atoms with Gasteiger partial charge in [-0.05, 0) is 44.5 Å². The number of ether oxygens (including phenoxy) is 1. The van der Waals surface area contributed by atoms with E-state index >= 15 is 0 Å². The van der Waals surface area contributed by atoms with Crippen LogP contribution in [0.2, 0.25) is 0 Å². The van der Waals surface area contributed by atoms with Crippen molar-refractivity contribution >= 4 is 5.57 Å². The summed E-state index contributed by atoms with van der Waals surface area (Å²) in [5.41, 5.74) is 1.75. The summed E-state index contributed by atoms with van der Waals surface area (Å²) < 4.78 is 5.59. The molecular weight excluding hydrogens is 176 g/mol. The molecule has 0 atom stereocenters. The molecule has 1 N–H and O–H groups in total. The fourth-order valence-electron chi connectivity index (χ4n) is 1.21. The first kappa shape index (κ1) is 10.6. The number of aromatic hydroxyl groups is 1. The molecular formula is C12H16O2. The number of benzene rings is 1. The van der Waals surface area contributed by atoms with E-state index in [0.717, 1.165) is 16.9 Å². The Morgan fingerprint density at radius 2 is 2.07 bits per heavy atom. The van der Waals surface area contributed by atoms with Crippen LogP contribution in [0.3, 0.4) is 0 Å². The lowest BCUT2D eigenvalue weighted by Gasteiger charge is -2.14. The molecule has 14 heavy (non-hydrogen) atoms. The van der Waals surface area contributed by atoms with Gasteiger partial charge in [-0.3, -0.25) is 0 Å². The molecule has 1 aromatic rings. The molecule has 0 spiro atoms. The van der Waals surface area contributed by atoms with Gasteiger partial charge in [0, 0.05) is 5.56 Å². The topological polar surface area (TPSA) is 29.5 Å². The van der Waals surface area contributed by atoms with Gasteiger partial charge in [0.05, 0.1) is 6.10 Å². The van der Waals surface area contributed by atoms with Gasteiger partial charge in [-0.15, -0.1) is 0 Å². The summed E-state index contributed by atoms with van der Waals surface area (Å²) in [7, 11) is 0. The van der Waals surface area contributed by atoms with Gasteiger partial charge in [0.15, 0.2) is 0 Å². The molecule has 0 radical (unpaired) electrons. The van der Waals surface area contributed by atoms with E-state index in [1.54, 1.807) is 18.2 Å². The highest BCUT2D eigenvalue weighted by Crippen LogP contribution is 2.29. The molecule has 1 aromatic carbocycles. The van der Waals surface area contributed by atoms with E-state index < -0.39 is 0 Å². The smallest absolute Gasteiger partial charge is 0.127 e. The summed E-state index contributed by atoms with van der Waals surface area (Å²) in [5, 5.41) is 9.32. The van der Waals surface area contributed by atoms with Crippen molar-refractivity contribution in [2.24, 2.45) is 0 Å². The Bertz CT molecular complexity index is 340. The highest BCUT2D eigenvalue weighted by Gasteiger charge is 2.06. The first-order valence-corrected chi connectivity index (χ1v) is 4.66. The predicted molar refractivity (Wildman–Crippen MR) is 58.6 cm³/mol. The van der Waals surface area contributed by atoms with E-state index in [-0.39, 0.29) is 11.9 Å². The highest BCUT2D eigenvalue weighted by atomic mass is 16.5. The zero-order valence-corrected chi connectivity index (χ0v) is 8.87. The second kappa shape index (κ2) is 4.18. The standard InChI is InChI=1S/C12H16O2/c1-8(2)11-7-10(13)5-6-12(11)14-9(3)4/h5-7,9,13H,1H2,2-4H3. The Labute approximate surface area is 84.8 Å². The monoisotopic (exact) mass is 192 g/mol. The summed E-state index contributed by atoms with van der Waals surface area (Å²) in [4.78, 5) is 0. The van der Waals surface area contributed by atoms with Crippen LogP contribution in [0.5, 0.6) is 11.5 Å². The summed E-state index contributed by atoms with van der Waals surface area (Å²) in [6, 6.07) is 5.05. The Hall–Kier alpha value is -1.44. The molecule has 0 heterocycles. The molecule has 2 heteroatoms. The third kappa shape index (κ3) is 2.52. The van der Waals surface area contributed by atoms with E-state index in [1.807, 2.05) is 20.8 Å². The molecule has 0 amide bonds. The van der Waals surface area contributed by atoms with Crippen molar-refractivity contribution in [3.8, 4) is 11.5 Å².